The maximum Gasteiger partial charge on any atom is 0.320 e. The third kappa shape index (κ3) is 4.65. The van der Waals surface area contributed by atoms with E-state index in [9.17, 15) is 9.70 Å². The van der Waals surface area contributed by atoms with Crippen LogP contribution in [0.15, 0.2) is 29.4 Å². The molecule has 3 N–H and O–H groups in total. The van der Waals surface area contributed by atoms with Gasteiger partial charge >= 0.3 is 5.97 Å². The summed E-state index contributed by atoms with van der Waals surface area (Å²) < 4.78 is 0. The van der Waals surface area contributed by atoms with Gasteiger partial charge in [0.25, 0.3) is 0 Å². The number of aliphatic carboxylic acids is 1. The molecule has 0 bridgehead atoms. The molecule has 0 fully saturated rings. The van der Waals surface area contributed by atoms with Crippen LogP contribution in [0.1, 0.15) is 19.4 Å². The monoisotopic (exact) mass is 224 g/mol. The first kappa shape index (κ1) is 14.2. The Balaban J connectivity index is 0.00000106. The summed E-state index contributed by atoms with van der Waals surface area (Å²) in [5.41, 5.74) is 6.30. The molecule has 5 heteroatoms. The van der Waals surface area contributed by atoms with E-state index in [2.05, 4.69) is 5.18 Å². The fourth-order valence-corrected chi connectivity index (χ4v) is 1.08. The standard InChI is InChI=1S/C9H10N2O3.C2H6/c10-8(9(12)13)5-6-2-1-3-7(4-6)11-14;1-2/h1-4,8H,5,10H2,(H,12,13);1-2H3. The largest absolute Gasteiger partial charge is 0.480 e. The summed E-state index contributed by atoms with van der Waals surface area (Å²) >= 11 is 0. The Kier molecular flexibility index (Phi) is 6.71. The quantitative estimate of drug-likeness (QED) is 0.765. The fourth-order valence-electron chi connectivity index (χ4n) is 1.08. The smallest absolute Gasteiger partial charge is 0.320 e. The SMILES string of the molecule is CC.NC(Cc1cccc(N=O)c1)C(=O)O. The van der Waals surface area contributed by atoms with Crippen LogP contribution in [0.4, 0.5) is 5.69 Å². The van der Waals surface area contributed by atoms with Crippen LogP contribution in [-0.2, 0) is 11.2 Å². The number of carboxylic acid groups (broad SMARTS) is 1. The Hall–Kier alpha value is -1.75. The van der Waals surface area contributed by atoms with Crippen LogP contribution in [-0.4, -0.2) is 17.1 Å². The predicted molar refractivity (Wildman–Crippen MR) is 62.6 cm³/mol. The first-order valence-electron chi connectivity index (χ1n) is 5.04. The number of nitrogens with two attached hydrogens (primary N) is 1. The van der Waals surface area contributed by atoms with Crippen molar-refractivity contribution in [2.75, 3.05) is 0 Å². The topological polar surface area (TPSA) is 92.8 Å². The van der Waals surface area contributed by atoms with E-state index in [1.54, 1.807) is 18.2 Å². The first-order valence-corrected chi connectivity index (χ1v) is 5.04. The zero-order valence-electron chi connectivity index (χ0n) is 9.38. The van der Waals surface area contributed by atoms with Gasteiger partial charge in [0.15, 0.2) is 0 Å². The van der Waals surface area contributed by atoms with Crippen molar-refractivity contribution in [3.63, 3.8) is 0 Å². The van der Waals surface area contributed by atoms with Crippen LogP contribution in [0.3, 0.4) is 0 Å². The van der Waals surface area contributed by atoms with Gasteiger partial charge in [-0.25, -0.2) is 0 Å². The Morgan fingerprint density at radius 2 is 2.12 bits per heavy atom. The Morgan fingerprint density at radius 1 is 1.50 bits per heavy atom. The third-order valence-corrected chi connectivity index (χ3v) is 1.79. The van der Waals surface area contributed by atoms with Gasteiger partial charge in [-0.3, -0.25) is 4.79 Å². The van der Waals surface area contributed by atoms with Gasteiger partial charge in [-0.05, 0) is 29.3 Å². The van der Waals surface area contributed by atoms with Crippen LogP contribution >= 0.6 is 0 Å². The van der Waals surface area contributed by atoms with Gasteiger partial charge in [-0.2, -0.15) is 0 Å². The van der Waals surface area contributed by atoms with Gasteiger partial charge in [0, 0.05) is 0 Å². The van der Waals surface area contributed by atoms with Gasteiger partial charge in [0.05, 0.1) is 0 Å². The highest BCUT2D eigenvalue weighted by molar-refractivity contribution is 5.73. The van der Waals surface area contributed by atoms with E-state index >= 15 is 0 Å². The van der Waals surface area contributed by atoms with E-state index in [1.165, 1.54) is 6.07 Å². The predicted octanol–water partition coefficient (Wildman–Crippen LogP) is 2.07. The average Bonchev–Trinajstić information content (AvgIpc) is 2.31. The lowest BCUT2D eigenvalue weighted by Crippen LogP contribution is -2.32. The molecule has 1 aromatic carbocycles. The fraction of sp³-hybridized carbons (Fsp3) is 0.364. The molecular weight excluding hydrogens is 208 g/mol. The second-order valence-corrected chi connectivity index (χ2v) is 2.91. The van der Waals surface area contributed by atoms with Crippen molar-refractivity contribution >= 4 is 11.7 Å². The lowest BCUT2D eigenvalue weighted by molar-refractivity contribution is -0.138. The highest BCUT2D eigenvalue weighted by Gasteiger charge is 2.11. The van der Waals surface area contributed by atoms with Crippen molar-refractivity contribution in [1.29, 1.82) is 0 Å². The molecule has 16 heavy (non-hydrogen) atoms. The number of hydrogen-bond donors (Lipinski definition) is 2. The molecular formula is C11H16N2O3. The normalized spacial score (nSPS) is 10.9. The zero-order chi connectivity index (χ0) is 12.6. The average molecular weight is 224 g/mol. The minimum absolute atomic E-state index is 0.193. The molecule has 0 radical (unpaired) electrons. The van der Waals surface area contributed by atoms with Crippen LogP contribution in [0.5, 0.6) is 0 Å². The highest BCUT2D eigenvalue weighted by Crippen LogP contribution is 2.14. The Labute approximate surface area is 94.3 Å². The lowest BCUT2D eigenvalue weighted by atomic mass is 10.1. The van der Waals surface area contributed by atoms with Crippen LogP contribution in [0, 0.1) is 4.91 Å². The second kappa shape index (κ2) is 7.53. The molecule has 88 valence electrons. The minimum atomic E-state index is -1.06. The number of nitrogens with zero attached hydrogens (tertiary/aromatic N) is 1. The molecule has 0 aliphatic rings. The van der Waals surface area contributed by atoms with E-state index in [0.717, 1.165) is 0 Å². The highest BCUT2D eigenvalue weighted by atomic mass is 16.4. The zero-order valence-corrected chi connectivity index (χ0v) is 9.38. The number of benzene rings is 1. The Bertz CT molecular complexity index is 353. The molecule has 5 nitrogen and oxygen atoms in total. The molecule has 1 unspecified atom stereocenters. The van der Waals surface area contributed by atoms with Crippen molar-refractivity contribution in [1.82, 2.24) is 0 Å². The van der Waals surface area contributed by atoms with Crippen molar-refractivity contribution in [2.45, 2.75) is 26.3 Å². The summed E-state index contributed by atoms with van der Waals surface area (Å²) in [6, 6.07) is 5.47. The molecule has 1 aromatic rings. The van der Waals surface area contributed by atoms with Crippen molar-refractivity contribution in [3.05, 3.63) is 34.7 Å². The first-order chi connectivity index (χ1) is 7.63. The van der Waals surface area contributed by atoms with Gasteiger partial charge in [0.2, 0.25) is 0 Å². The van der Waals surface area contributed by atoms with Gasteiger partial charge in [-0.1, -0.05) is 26.0 Å². The van der Waals surface area contributed by atoms with Crippen LogP contribution < -0.4 is 5.73 Å². The lowest BCUT2D eigenvalue weighted by Gasteiger charge is -2.05. The van der Waals surface area contributed by atoms with Crippen molar-refractivity contribution < 1.29 is 9.90 Å². The van der Waals surface area contributed by atoms with E-state index in [4.69, 9.17) is 10.8 Å². The molecule has 1 rings (SSSR count). The number of nitroso groups, excluding NO2 is 1. The summed E-state index contributed by atoms with van der Waals surface area (Å²) in [6.45, 7) is 4.00. The summed E-state index contributed by atoms with van der Waals surface area (Å²) in [7, 11) is 0. The molecule has 0 saturated carbocycles. The minimum Gasteiger partial charge on any atom is -0.480 e. The molecule has 0 aliphatic carbocycles. The van der Waals surface area contributed by atoms with Gasteiger partial charge in [0.1, 0.15) is 11.7 Å². The van der Waals surface area contributed by atoms with Crippen LogP contribution in [0.25, 0.3) is 0 Å². The summed E-state index contributed by atoms with van der Waals surface area (Å²) in [5, 5.41) is 11.3. The van der Waals surface area contributed by atoms with E-state index in [-0.39, 0.29) is 12.1 Å². The van der Waals surface area contributed by atoms with Crippen molar-refractivity contribution in [2.24, 2.45) is 10.9 Å². The maximum atomic E-state index is 10.4. The number of carbonyl (C=O) groups is 1. The number of carboxylic acids is 1. The van der Waals surface area contributed by atoms with Crippen molar-refractivity contribution in [3.8, 4) is 0 Å². The maximum absolute atomic E-state index is 10.4. The molecule has 0 aromatic heterocycles. The molecule has 0 spiro atoms. The van der Waals surface area contributed by atoms with Gasteiger partial charge < -0.3 is 10.8 Å². The number of hydrogen-bond acceptors (Lipinski definition) is 4. The number of rotatable bonds is 4. The van der Waals surface area contributed by atoms with E-state index in [0.29, 0.717) is 5.56 Å². The van der Waals surface area contributed by atoms with Crippen LogP contribution in [0.2, 0.25) is 0 Å². The summed E-state index contributed by atoms with van der Waals surface area (Å²) in [6.07, 6.45) is 0.193. The van der Waals surface area contributed by atoms with Gasteiger partial charge in [-0.15, -0.1) is 4.91 Å². The summed E-state index contributed by atoms with van der Waals surface area (Å²) in [4.78, 5) is 20.6. The van der Waals surface area contributed by atoms with E-state index < -0.39 is 12.0 Å². The molecule has 0 heterocycles. The molecule has 0 aliphatic heterocycles. The summed E-state index contributed by atoms with van der Waals surface area (Å²) in [5.74, 6) is -1.06. The van der Waals surface area contributed by atoms with E-state index in [1.807, 2.05) is 13.8 Å². The second-order valence-electron chi connectivity index (χ2n) is 2.91. The molecule has 0 saturated heterocycles. The molecule has 1 atom stereocenters. The molecule has 0 amide bonds. The third-order valence-electron chi connectivity index (χ3n) is 1.79. The Morgan fingerprint density at radius 3 is 2.62 bits per heavy atom.